The van der Waals surface area contributed by atoms with Gasteiger partial charge in [-0.25, -0.2) is 0 Å². The van der Waals surface area contributed by atoms with Crippen LogP contribution in [0.15, 0.2) is 59.1 Å². The van der Waals surface area contributed by atoms with Gasteiger partial charge in [0.05, 0.1) is 6.61 Å². The Bertz CT molecular complexity index is 980. The van der Waals surface area contributed by atoms with Crippen LogP contribution in [0.3, 0.4) is 0 Å². The van der Waals surface area contributed by atoms with Crippen molar-refractivity contribution < 1.29 is 14.1 Å². The van der Waals surface area contributed by atoms with Gasteiger partial charge in [0.1, 0.15) is 6.61 Å². The zero-order valence-electron chi connectivity index (χ0n) is 18.6. The lowest BCUT2D eigenvalue weighted by molar-refractivity contribution is -0.138. The summed E-state index contributed by atoms with van der Waals surface area (Å²) in [5.41, 5.74) is 3.26. The number of benzene rings is 2. The smallest absolute Gasteiger partial charge is 0.248 e. The fourth-order valence-corrected chi connectivity index (χ4v) is 3.77. The summed E-state index contributed by atoms with van der Waals surface area (Å²) < 4.78 is 11.0. The molecule has 1 aromatic heterocycles. The molecule has 1 saturated heterocycles. The van der Waals surface area contributed by atoms with Gasteiger partial charge >= 0.3 is 0 Å². The maximum absolute atomic E-state index is 12.4. The summed E-state index contributed by atoms with van der Waals surface area (Å²) in [4.78, 5) is 21.2. The molecular formula is C25H30N4O3. The van der Waals surface area contributed by atoms with Gasteiger partial charge in [-0.1, -0.05) is 65.3 Å². The Morgan fingerprint density at radius 2 is 1.78 bits per heavy atom. The lowest BCUT2D eigenvalue weighted by Gasteiger charge is -2.34. The van der Waals surface area contributed by atoms with Gasteiger partial charge in [0.25, 0.3) is 0 Å². The number of aryl methyl sites for hydroxylation is 2. The molecule has 0 saturated carbocycles. The standard InChI is InChI=1S/C25H30N4O3/c1-20-9-11-22(12-10-20)25-26-23(32-27-25)8-5-13-28-14-16-29(17-15-28)24(30)19-31-18-21-6-3-2-4-7-21/h2-4,6-7,9-12H,5,8,13-19H2,1H3. The summed E-state index contributed by atoms with van der Waals surface area (Å²) in [5.74, 6) is 1.38. The van der Waals surface area contributed by atoms with Crippen molar-refractivity contribution in [3.05, 3.63) is 71.6 Å². The van der Waals surface area contributed by atoms with Crippen molar-refractivity contribution in [2.24, 2.45) is 0 Å². The number of hydrogen-bond donors (Lipinski definition) is 0. The van der Waals surface area contributed by atoms with Crippen molar-refractivity contribution in [2.45, 2.75) is 26.4 Å². The molecule has 1 aliphatic heterocycles. The van der Waals surface area contributed by atoms with Gasteiger partial charge in [-0.2, -0.15) is 4.98 Å². The predicted octanol–water partition coefficient (Wildman–Crippen LogP) is 3.34. The highest BCUT2D eigenvalue weighted by molar-refractivity contribution is 5.77. The Morgan fingerprint density at radius 1 is 1.03 bits per heavy atom. The molecule has 1 amide bonds. The predicted molar refractivity (Wildman–Crippen MR) is 122 cm³/mol. The highest BCUT2D eigenvalue weighted by atomic mass is 16.5. The third-order valence-corrected chi connectivity index (χ3v) is 5.70. The van der Waals surface area contributed by atoms with Gasteiger partial charge in [-0.3, -0.25) is 9.69 Å². The van der Waals surface area contributed by atoms with Crippen LogP contribution in [0.2, 0.25) is 0 Å². The molecule has 7 heteroatoms. The molecule has 2 aromatic carbocycles. The van der Waals surface area contributed by atoms with E-state index in [1.807, 2.05) is 59.5 Å². The Kier molecular flexibility index (Phi) is 7.64. The first-order valence-electron chi connectivity index (χ1n) is 11.2. The maximum atomic E-state index is 12.4. The molecule has 0 radical (unpaired) electrons. The van der Waals surface area contributed by atoms with Crippen LogP contribution in [0, 0.1) is 6.92 Å². The second kappa shape index (κ2) is 11.0. The largest absolute Gasteiger partial charge is 0.367 e. The van der Waals surface area contributed by atoms with Crippen molar-refractivity contribution >= 4 is 5.91 Å². The minimum absolute atomic E-state index is 0.0649. The van der Waals surface area contributed by atoms with Gasteiger partial charge in [-0.05, 0) is 25.5 Å². The molecule has 0 spiro atoms. The molecule has 0 atom stereocenters. The van der Waals surface area contributed by atoms with Crippen molar-refractivity contribution in [3.8, 4) is 11.4 Å². The van der Waals surface area contributed by atoms with E-state index in [9.17, 15) is 4.79 Å². The third-order valence-electron chi connectivity index (χ3n) is 5.70. The van der Waals surface area contributed by atoms with Crippen LogP contribution in [0.5, 0.6) is 0 Å². The van der Waals surface area contributed by atoms with Gasteiger partial charge < -0.3 is 14.2 Å². The quantitative estimate of drug-likeness (QED) is 0.514. The molecule has 0 bridgehead atoms. The molecule has 32 heavy (non-hydrogen) atoms. The molecule has 1 aliphatic rings. The number of aromatic nitrogens is 2. The highest BCUT2D eigenvalue weighted by Crippen LogP contribution is 2.17. The van der Waals surface area contributed by atoms with Crippen molar-refractivity contribution in [3.63, 3.8) is 0 Å². The van der Waals surface area contributed by atoms with Crippen LogP contribution in [0.1, 0.15) is 23.4 Å². The number of amides is 1. The second-order valence-electron chi connectivity index (χ2n) is 8.18. The van der Waals surface area contributed by atoms with E-state index in [-0.39, 0.29) is 12.5 Å². The van der Waals surface area contributed by atoms with E-state index in [1.54, 1.807) is 0 Å². The zero-order chi connectivity index (χ0) is 22.2. The summed E-state index contributed by atoms with van der Waals surface area (Å²) >= 11 is 0. The molecule has 0 aliphatic carbocycles. The lowest BCUT2D eigenvalue weighted by atomic mass is 10.1. The topological polar surface area (TPSA) is 71.7 Å². The number of nitrogens with zero attached hydrogens (tertiary/aromatic N) is 4. The Labute approximate surface area is 189 Å². The van der Waals surface area contributed by atoms with E-state index in [4.69, 9.17) is 9.26 Å². The summed E-state index contributed by atoms with van der Waals surface area (Å²) in [6.45, 7) is 6.85. The van der Waals surface area contributed by atoms with Crippen molar-refractivity contribution in [2.75, 3.05) is 39.3 Å². The van der Waals surface area contributed by atoms with Gasteiger partial charge in [-0.15, -0.1) is 0 Å². The van der Waals surface area contributed by atoms with Crippen molar-refractivity contribution in [1.82, 2.24) is 19.9 Å². The fraction of sp³-hybridized carbons (Fsp3) is 0.400. The minimum atomic E-state index is 0.0649. The summed E-state index contributed by atoms with van der Waals surface area (Å²) in [7, 11) is 0. The normalized spacial score (nSPS) is 14.6. The van der Waals surface area contributed by atoms with Gasteiger partial charge in [0.15, 0.2) is 0 Å². The van der Waals surface area contributed by atoms with Crippen LogP contribution in [-0.4, -0.2) is 65.2 Å². The lowest BCUT2D eigenvalue weighted by Crippen LogP contribution is -2.49. The van der Waals surface area contributed by atoms with Crippen LogP contribution in [-0.2, 0) is 22.6 Å². The summed E-state index contributed by atoms with van der Waals surface area (Å²) in [6, 6.07) is 18.0. The molecule has 1 fully saturated rings. The Balaban J connectivity index is 1.13. The van der Waals surface area contributed by atoms with E-state index < -0.39 is 0 Å². The molecule has 0 N–H and O–H groups in total. The molecule has 3 aromatic rings. The molecular weight excluding hydrogens is 404 g/mol. The number of rotatable bonds is 9. The first-order valence-corrected chi connectivity index (χ1v) is 11.2. The highest BCUT2D eigenvalue weighted by Gasteiger charge is 2.21. The Hall–Kier alpha value is -3.03. The average Bonchev–Trinajstić information content (AvgIpc) is 3.29. The number of carbonyl (C=O) groups is 1. The second-order valence-corrected chi connectivity index (χ2v) is 8.18. The monoisotopic (exact) mass is 434 g/mol. The van der Waals surface area contributed by atoms with E-state index in [1.165, 1.54) is 5.56 Å². The fourth-order valence-electron chi connectivity index (χ4n) is 3.77. The molecule has 4 rings (SSSR count). The zero-order valence-corrected chi connectivity index (χ0v) is 18.6. The van der Waals surface area contributed by atoms with Crippen LogP contribution in [0.25, 0.3) is 11.4 Å². The van der Waals surface area contributed by atoms with Gasteiger partial charge in [0, 0.05) is 38.2 Å². The van der Waals surface area contributed by atoms with Crippen LogP contribution >= 0.6 is 0 Å². The molecule has 168 valence electrons. The van der Waals surface area contributed by atoms with E-state index >= 15 is 0 Å². The summed E-state index contributed by atoms with van der Waals surface area (Å²) in [5, 5.41) is 4.10. The SMILES string of the molecule is Cc1ccc(-c2noc(CCCN3CCN(C(=O)COCc4ccccc4)CC3)n2)cc1. The molecule has 7 nitrogen and oxygen atoms in total. The third kappa shape index (κ3) is 6.24. The molecule has 2 heterocycles. The maximum Gasteiger partial charge on any atom is 0.248 e. The molecule has 0 unspecified atom stereocenters. The first-order chi connectivity index (χ1) is 15.7. The first kappa shape index (κ1) is 22.2. The van der Waals surface area contributed by atoms with Crippen LogP contribution in [0.4, 0.5) is 0 Å². The average molecular weight is 435 g/mol. The van der Waals surface area contributed by atoms with Crippen molar-refractivity contribution in [1.29, 1.82) is 0 Å². The van der Waals surface area contributed by atoms with E-state index in [0.29, 0.717) is 18.3 Å². The number of ether oxygens (including phenoxy) is 1. The van der Waals surface area contributed by atoms with E-state index in [0.717, 1.165) is 56.7 Å². The Morgan fingerprint density at radius 3 is 2.53 bits per heavy atom. The van der Waals surface area contributed by atoms with Gasteiger partial charge in [0.2, 0.25) is 17.6 Å². The number of piperazine rings is 1. The number of hydrogen-bond acceptors (Lipinski definition) is 6. The minimum Gasteiger partial charge on any atom is -0.367 e. The van der Waals surface area contributed by atoms with E-state index in [2.05, 4.69) is 22.0 Å². The number of carbonyl (C=O) groups excluding carboxylic acids is 1. The van der Waals surface area contributed by atoms with Crippen LogP contribution < -0.4 is 0 Å². The summed E-state index contributed by atoms with van der Waals surface area (Å²) in [6.07, 6.45) is 1.70.